The minimum atomic E-state index is -0.339. The molecule has 4 heteroatoms. The van der Waals surface area contributed by atoms with E-state index in [-0.39, 0.29) is 29.7 Å². The minimum absolute atomic E-state index is 0.119. The van der Waals surface area contributed by atoms with Gasteiger partial charge in [-0.05, 0) is 50.5 Å². The van der Waals surface area contributed by atoms with Crippen LogP contribution in [0.4, 0.5) is 0 Å². The maximum absolute atomic E-state index is 12.5. The molecule has 2 N–H and O–H groups in total. The molecule has 3 aliphatic rings. The number of carbonyl (C=O) groups excluding carboxylic acids is 2. The fourth-order valence-electron chi connectivity index (χ4n) is 4.11. The van der Waals surface area contributed by atoms with Gasteiger partial charge in [-0.3, -0.25) is 9.59 Å². The van der Waals surface area contributed by atoms with E-state index in [0.29, 0.717) is 5.92 Å². The van der Waals surface area contributed by atoms with Crippen LogP contribution in [0.25, 0.3) is 0 Å². The summed E-state index contributed by atoms with van der Waals surface area (Å²) in [6.45, 7) is 3.13. The topological polar surface area (TPSA) is 58.2 Å². The fraction of sp³-hybridized carbons (Fsp3) is 0.875. The zero-order chi connectivity index (χ0) is 14.1. The molecule has 4 atom stereocenters. The average molecular weight is 278 g/mol. The van der Waals surface area contributed by atoms with Gasteiger partial charge in [-0.15, -0.1) is 0 Å². The van der Waals surface area contributed by atoms with Crippen molar-refractivity contribution in [3.63, 3.8) is 0 Å². The van der Waals surface area contributed by atoms with E-state index >= 15 is 0 Å². The largest absolute Gasteiger partial charge is 0.347 e. The van der Waals surface area contributed by atoms with E-state index in [2.05, 4.69) is 17.6 Å². The van der Waals surface area contributed by atoms with Crippen molar-refractivity contribution < 1.29 is 9.59 Å². The van der Waals surface area contributed by atoms with Crippen molar-refractivity contribution >= 4 is 11.7 Å². The van der Waals surface area contributed by atoms with Crippen LogP contribution in [0.3, 0.4) is 0 Å². The van der Waals surface area contributed by atoms with Crippen molar-refractivity contribution in [2.24, 2.45) is 17.8 Å². The molecule has 1 saturated heterocycles. The second-order valence-electron chi connectivity index (χ2n) is 6.80. The van der Waals surface area contributed by atoms with Gasteiger partial charge in [0.15, 0.2) is 0 Å². The van der Waals surface area contributed by atoms with Crippen molar-refractivity contribution in [1.29, 1.82) is 0 Å². The van der Waals surface area contributed by atoms with Crippen LogP contribution in [0, 0.1) is 17.8 Å². The second-order valence-corrected chi connectivity index (χ2v) is 6.80. The highest BCUT2D eigenvalue weighted by atomic mass is 16.2. The van der Waals surface area contributed by atoms with Gasteiger partial charge in [-0.25, -0.2) is 0 Å². The van der Waals surface area contributed by atoms with Crippen LogP contribution in [0.1, 0.15) is 51.9 Å². The lowest BCUT2D eigenvalue weighted by molar-refractivity contribution is -0.141. The highest BCUT2D eigenvalue weighted by Crippen LogP contribution is 2.41. The van der Waals surface area contributed by atoms with Crippen molar-refractivity contribution in [3.8, 4) is 0 Å². The first-order valence-electron chi connectivity index (χ1n) is 8.28. The van der Waals surface area contributed by atoms with Crippen LogP contribution in [0.2, 0.25) is 0 Å². The van der Waals surface area contributed by atoms with Crippen molar-refractivity contribution in [2.45, 2.75) is 64.0 Å². The lowest BCUT2D eigenvalue weighted by Crippen LogP contribution is -2.45. The van der Waals surface area contributed by atoms with Crippen molar-refractivity contribution in [2.75, 3.05) is 6.54 Å². The van der Waals surface area contributed by atoms with E-state index < -0.39 is 0 Å². The molecule has 2 aliphatic carbocycles. The Bertz CT molecular complexity index is 392. The molecule has 0 bridgehead atoms. The Balaban J connectivity index is 1.67. The first-order chi connectivity index (χ1) is 9.70. The zero-order valence-electron chi connectivity index (χ0n) is 12.4. The molecule has 0 aromatic rings. The first-order valence-corrected chi connectivity index (χ1v) is 8.28. The van der Waals surface area contributed by atoms with Crippen molar-refractivity contribution in [3.05, 3.63) is 0 Å². The van der Waals surface area contributed by atoms with Crippen LogP contribution < -0.4 is 10.6 Å². The lowest BCUT2D eigenvalue weighted by Gasteiger charge is -2.26. The summed E-state index contributed by atoms with van der Waals surface area (Å²) in [5.41, 5.74) is 0. The maximum atomic E-state index is 12.5. The molecule has 20 heavy (non-hydrogen) atoms. The summed E-state index contributed by atoms with van der Waals surface area (Å²) < 4.78 is 0. The number of ketones is 1. The van der Waals surface area contributed by atoms with Crippen LogP contribution >= 0.6 is 0 Å². The second kappa shape index (κ2) is 5.84. The third-order valence-electron chi connectivity index (χ3n) is 5.30. The maximum Gasteiger partial charge on any atom is 0.287 e. The van der Waals surface area contributed by atoms with Gasteiger partial charge in [0.1, 0.15) is 0 Å². The lowest BCUT2D eigenvalue weighted by atomic mass is 9.81. The monoisotopic (exact) mass is 278 g/mol. The Hall–Kier alpha value is -0.900. The molecule has 3 fully saturated rings. The number of hydrogen-bond donors (Lipinski definition) is 2. The van der Waals surface area contributed by atoms with Gasteiger partial charge in [0, 0.05) is 18.0 Å². The van der Waals surface area contributed by atoms with Crippen LogP contribution in [0.5, 0.6) is 0 Å². The number of amides is 1. The quantitative estimate of drug-likeness (QED) is 0.726. The predicted octanol–water partition coefficient (Wildman–Crippen LogP) is 1.64. The van der Waals surface area contributed by atoms with Crippen molar-refractivity contribution in [1.82, 2.24) is 10.6 Å². The molecule has 0 spiro atoms. The molecule has 3 rings (SSSR count). The molecule has 0 aromatic heterocycles. The third kappa shape index (κ3) is 2.76. The Kier molecular flexibility index (Phi) is 4.11. The van der Waals surface area contributed by atoms with Gasteiger partial charge in [0.2, 0.25) is 5.78 Å². The third-order valence-corrected chi connectivity index (χ3v) is 5.30. The predicted molar refractivity (Wildman–Crippen MR) is 77.2 cm³/mol. The first kappa shape index (κ1) is 14.1. The molecular weight excluding hydrogens is 252 g/mol. The number of carbonyl (C=O) groups is 2. The molecule has 1 aliphatic heterocycles. The molecule has 2 saturated carbocycles. The molecule has 0 aromatic carbocycles. The summed E-state index contributed by atoms with van der Waals surface area (Å²) in [5.74, 6) is 0.715. The minimum Gasteiger partial charge on any atom is -0.347 e. The van der Waals surface area contributed by atoms with E-state index in [0.717, 1.165) is 38.1 Å². The number of Topliss-reactive ketones (excluding diaryl/α,β-unsaturated/α-hetero) is 1. The normalized spacial score (nSPS) is 33.8. The summed E-state index contributed by atoms with van der Waals surface area (Å²) in [5, 5.41) is 6.41. The highest BCUT2D eigenvalue weighted by molar-refractivity contribution is 6.37. The zero-order valence-corrected chi connectivity index (χ0v) is 12.4. The van der Waals surface area contributed by atoms with Crippen LogP contribution in [-0.2, 0) is 9.59 Å². The van der Waals surface area contributed by atoms with Gasteiger partial charge in [-0.1, -0.05) is 19.8 Å². The number of nitrogens with one attached hydrogen (secondary N) is 2. The molecule has 3 unspecified atom stereocenters. The fourth-order valence-corrected chi connectivity index (χ4v) is 4.11. The highest BCUT2D eigenvalue weighted by Gasteiger charge is 2.45. The van der Waals surface area contributed by atoms with Crippen LogP contribution in [0.15, 0.2) is 0 Å². The summed E-state index contributed by atoms with van der Waals surface area (Å²) in [4.78, 5) is 24.6. The Morgan fingerprint density at radius 1 is 1.25 bits per heavy atom. The van der Waals surface area contributed by atoms with Gasteiger partial charge in [0.25, 0.3) is 5.91 Å². The van der Waals surface area contributed by atoms with Gasteiger partial charge >= 0.3 is 0 Å². The molecule has 1 heterocycles. The summed E-state index contributed by atoms with van der Waals surface area (Å²) in [6, 6.07) is 0.504. The summed E-state index contributed by atoms with van der Waals surface area (Å²) >= 11 is 0. The van der Waals surface area contributed by atoms with E-state index in [4.69, 9.17) is 0 Å². The Labute approximate surface area is 121 Å². The average Bonchev–Trinajstić information content (AvgIpc) is 2.98. The molecular formula is C16H26N2O2. The summed E-state index contributed by atoms with van der Waals surface area (Å²) in [6.07, 6.45) is 7.65. The van der Waals surface area contributed by atoms with Gasteiger partial charge in [0.05, 0.1) is 0 Å². The van der Waals surface area contributed by atoms with E-state index in [1.165, 1.54) is 19.3 Å². The van der Waals surface area contributed by atoms with Gasteiger partial charge < -0.3 is 10.6 Å². The molecule has 0 radical (unpaired) electrons. The molecule has 4 nitrogen and oxygen atoms in total. The van der Waals surface area contributed by atoms with E-state index in [1.807, 2.05) is 0 Å². The van der Waals surface area contributed by atoms with Crippen LogP contribution in [-0.4, -0.2) is 30.3 Å². The Morgan fingerprint density at radius 3 is 2.75 bits per heavy atom. The standard InChI is InChI=1S/C16H26N2O2/c1-2-4-13(15(19)16(20)18-11-7-8-11)14-12-6-3-5-10(12)9-17-14/h10-14,17H,2-9H2,1H3,(H,18,20)/t10?,12?,13-,14?/m0/s1. The molecule has 1 amide bonds. The SMILES string of the molecule is CCC[C@H](C(=O)C(=O)NC1CC1)C1NCC2CCCC21. The van der Waals surface area contributed by atoms with E-state index in [9.17, 15) is 9.59 Å². The number of hydrogen-bond acceptors (Lipinski definition) is 3. The Morgan fingerprint density at radius 2 is 2.05 bits per heavy atom. The smallest absolute Gasteiger partial charge is 0.287 e. The number of rotatable bonds is 6. The van der Waals surface area contributed by atoms with E-state index in [1.54, 1.807) is 0 Å². The summed E-state index contributed by atoms with van der Waals surface area (Å²) in [7, 11) is 0. The number of fused-ring (bicyclic) bond motifs is 1. The van der Waals surface area contributed by atoms with Gasteiger partial charge in [-0.2, -0.15) is 0 Å². The molecule has 112 valence electrons.